The third-order valence-corrected chi connectivity index (χ3v) is 5.83. The zero-order chi connectivity index (χ0) is 13.1. The first-order valence-electron chi connectivity index (χ1n) is 6.42. The lowest BCUT2D eigenvalue weighted by Crippen LogP contribution is -2.24. The molecule has 100 valence electrons. The fourth-order valence-corrected chi connectivity index (χ4v) is 3.48. The number of hydrogen-bond donors (Lipinski definition) is 1. The van der Waals surface area contributed by atoms with Crippen LogP contribution in [0.1, 0.15) is 36.9 Å². The normalized spacial score (nSPS) is 21.6. The summed E-state index contributed by atoms with van der Waals surface area (Å²) in [7, 11) is -0.710. The molecule has 1 N–H and O–H groups in total. The molecule has 0 fully saturated rings. The Morgan fingerprint density at radius 3 is 3.06 bits per heavy atom. The van der Waals surface area contributed by atoms with Gasteiger partial charge in [-0.05, 0) is 43.0 Å². The van der Waals surface area contributed by atoms with Gasteiger partial charge in [0.2, 0.25) is 0 Å². The molecule has 0 saturated heterocycles. The molecule has 2 nitrogen and oxygen atoms in total. The van der Waals surface area contributed by atoms with E-state index in [9.17, 15) is 4.21 Å². The van der Waals surface area contributed by atoms with Gasteiger partial charge in [-0.3, -0.25) is 4.21 Å². The summed E-state index contributed by atoms with van der Waals surface area (Å²) in [5.41, 5.74) is 2.87. The molecule has 1 aliphatic carbocycles. The van der Waals surface area contributed by atoms with Crippen molar-refractivity contribution in [1.29, 1.82) is 0 Å². The lowest BCUT2D eigenvalue weighted by atomic mass is 10.1. The van der Waals surface area contributed by atoms with Crippen LogP contribution in [-0.2, 0) is 17.2 Å². The highest BCUT2D eigenvalue weighted by molar-refractivity contribution is 9.10. The van der Waals surface area contributed by atoms with Crippen molar-refractivity contribution in [2.24, 2.45) is 0 Å². The maximum atomic E-state index is 11.3. The van der Waals surface area contributed by atoms with Crippen molar-refractivity contribution in [2.75, 3.05) is 12.8 Å². The van der Waals surface area contributed by atoms with E-state index >= 15 is 0 Å². The zero-order valence-corrected chi connectivity index (χ0v) is 13.3. The van der Waals surface area contributed by atoms with Gasteiger partial charge in [-0.25, -0.2) is 0 Å². The standard InChI is InChI=1S/C14H20BrNOS/c1-10(18(2)17)8-9-16-14-7-6-11-12(14)4-3-5-13(11)15/h3-5,10,14,16H,6-9H2,1-2H3/t10-,14+,18+/m1/s1. The highest BCUT2D eigenvalue weighted by atomic mass is 79.9. The van der Waals surface area contributed by atoms with E-state index in [0.29, 0.717) is 6.04 Å². The van der Waals surface area contributed by atoms with Crippen molar-refractivity contribution >= 4 is 26.7 Å². The van der Waals surface area contributed by atoms with Crippen LogP contribution < -0.4 is 5.32 Å². The van der Waals surface area contributed by atoms with Crippen molar-refractivity contribution in [3.05, 3.63) is 33.8 Å². The number of rotatable bonds is 5. The number of benzene rings is 1. The van der Waals surface area contributed by atoms with Crippen LogP contribution in [0, 0.1) is 0 Å². The first kappa shape index (κ1) is 14.2. The molecule has 0 amide bonds. The van der Waals surface area contributed by atoms with E-state index in [0.717, 1.165) is 19.4 Å². The molecular formula is C14H20BrNOS. The topological polar surface area (TPSA) is 29.1 Å². The number of fused-ring (bicyclic) bond motifs is 1. The third-order valence-electron chi connectivity index (χ3n) is 3.72. The van der Waals surface area contributed by atoms with Crippen molar-refractivity contribution in [2.45, 2.75) is 37.5 Å². The molecule has 0 saturated carbocycles. The Labute approximate surface area is 120 Å². The van der Waals surface area contributed by atoms with Crippen molar-refractivity contribution < 1.29 is 4.21 Å². The van der Waals surface area contributed by atoms with Crippen LogP contribution in [-0.4, -0.2) is 22.3 Å². The van der Waals surface area contributed by atoms with Gasteiger partial charge in [0.05, 0.1) is 0 Å². The molecule has 0 bridgehead atoms. The van der Waals surface area contributed by atoms with E-state index < -0.39 is 10.8 Å². The summed E-state index contributed by atoms with van der Waals surface area (Å²) >= 11 is 3.62. The third kappa shape index (κ3) is 3.22. The van der Waals surface area contributed by atoms with Gasteiger partial charge in [-0.1, -0.05) is 35.0 Å². The molecule has 0 aromatic heterocycles. The molecule has 0 radical (unpaired) electrons. The van der Waals surface area contributed by atoms with Gasteiger partial charge >= 0.3 is 0 Å². The van der Waals surface area contributed by atoms with Crippen molar-refractivity contribution in [3.63, 3.8) is 0 Å². The molecule has 0 spiro atoms. The Kier molecular flexibility index (Phi) is 4.98. The molecule has 0 unspecified atom stereocenters. The van der Waals surface area contributed by atoms with Crippen LogP contribution in [0.5, 0.6) is 0 Å². The van der Waals surface area contributed by atoms with Crippen LogP contribution in [0.25, 0.3) is 0 Å². The monoisotopic (exact) mass is 329 g/mol. The minimum absolute atomic E-state index is 0.279. The maximum absolute atomic E-state index is 11.3. The zero-order valence-electron chi connectivity index (χ0n) is 10.9. The van der Waals surface area contributed by atoms with E-state index in [4.69, 9.17) is 0 Å². The molecule has 2 rings (SSSR count). The van der Waals surface area contributed by atoms with Gasteiger partial charge < -0.3 is 5.32 Å². The number of hydrogen-bond acceptors (Lipinski definition) is 2. The molecule has 0 heterocycles. The second-order valence-electron chi connectivity index (χ2n) is 4.95. The maximum Gasteiger partial charge on any atom is 0.0329 e. The molecule has 0 aliphatic heterocycles. The van der Waals surface area contributed by atoms with Crippen LogP contribution >= 0.6 is 15.9 Å². The van der Waals surface area contributed by atoms with Gasteiger partial charge in [0.25, 0.3) is 0 Å². The van der Waals surface area contributed by atoms with E-state index in [1.165, 1.54) is 22.0 Å². The lowest BCUT2D eigenvalue weighted by Gasteiger charge is -2.15. The smallest absolute Gasteiger partial charge is 0.0329 e. The van der Waals surface area contributed by atoms with E-state index in [-0.39, 0.29) is 5.25 Å². The summed E-state index contributed by atoms with van der Waals surface area (Å²) in [5.74, 6) is 0. The summed E-state index contributed by atoms with van der Waals surface area (Å²) in [5, 5.41) is 3.87. The molecule has 18 heavy (non-hydrogen) atoms. The van der Waals surface area contributed by atoms with Gasteiger partial charge in [-0.15, -0.1) is 0 Å². The van der Waals surface area contributed by atoms with Crippen LogP contribution in [0.4, 0.5) is 0 Å². The Morgan fingerprint density at radius 2 is 2.33 bits per heavy atom. The van der Waals surface area contributed by atoms with E-state index in [1.807, 2.05) is 0 Å². The van der Waals surface area contributed by atoms with Gasteiger partial charge in [0.15, 0.2) is 0 Å². The highest BCUT2D eigenvalue weighted by Gasteiger charge is 2.23. The fourth-order valence-electron chi connectivity index (χ4n) is 2.45. The molecule has 4 heteroatoms. The molecular weight excluding hydrogens is 310 g/mol. The van der Waals surface area contributed by atoms with E-state index in [1.54, 1.807) is 6.26 Å². The van der Waals surface area contributed by atoms with Crippen LogP contribution in [0.3, 0.4) is 0 Å². The summed E-state index contributed by atoms with van der Waals surface area (Å²) in [6.07, 6.45) is 5.07. The quantitative estimate of drug-likeness (QED) is 0.898. The molecule has 1 aliphatic rings. The predicted molar refractivity (Wildman–Crippen MR) is 81.4 cm³/mol. The predicted octanol–water partition coefficient (Wildman–Crippen LogP) is 3.18. The minimum Gasteiger partial charge on any atom is -0.310 e. The first-order chi connectivity index (χ1) is 8.59. The first-order valence-corrected chi connectivity index (χ1v) is 8.84. The molecule has 3 atom stereocenters. The lowest BCUT2D eigenvalue weighted by molar-refractivity contribution is 0.518. The number of nitrogens with one attached hydrogen (secondary N) is 1. The summed E-state index contributed by atoms with van der Waals surface area (Å²) in [6.45, 7) is 2.99. The summed E-state index contributed by atoms with van der Waals surface area (Å²) < 4.78 is 12.5. The van der Waals surface area contributed by atoms with Crippen LogP contribution in [0.15, 0.2) is 22.7 Å². The number of halogens is 1. The largest absolute Gasteiger partial charge is 0.310 e. The van der Waals surface area contributed by atoms with Gasteiger partial charge in [0, 0.05) is 32.8 Å². The van der Waals surface area contributed by atoms with E-state index in [2.05, 4.69) is 46.4 Å². The molecule has 1 aromatic rings. The second-order valence-corrected chi connectivity index (χ2v) is 7.61. The van der Waals surface area contributed by atoms with Gasteiger partial charge in [-0.2, -0.15) is 0 Å². The second kappa shape index (κ2) is 6.31. The Morgan fingerprint density at radius 1 is 1.56 bits per heavy atom. The van der Waals surface area contributed by atoms with Crippen molar-refractivity contribution in [3.8, 4) is 0 Å². The fraction of sp³-hybridized carbons (Fsp3) is 0.571. The highest BCUT2D eigenvalue weighted by Crippen LogP contribution is 2.35. The molecule has 1 aromatic carbocycles. The summed E-state index contributed by atoms with van der Waals surface area (Å²) in [4.78, 5) is 0. The average Bonchev–Trinajstić information content (AvgIpc) is 2.74. The Hall–Kier alpha value is -0.190. The van der Waals surface area contributed by atoms with Gasteiger partial charge in [0.1, 0.15) is 0 Å². The SMILES string of the molecule is C[C@H](CCN[C@H]1CCc2c(Br)cccc21)[S@](C)=O. The van der Waals surface area contributed by atoms with Crippen LogP contribution in [0.2, 0.25) is 0 Å². The average molecular weight is 330 g/mol. The Bertz CT molecular complexity index is 449. The van der Waals surface area contributed by atoms with Crippen molar-refractivity contribution in [1.82, 2.24) is 5.32 Å². The minimum atomic E-state index is -0.710. The summed E-state index contributed by atoms with van der Waals surface area (Å²) in [6, 6.07) is 6.90. The Balaban J connectivity index is 1.90.